The van der Waals surface area contributed by atoms with Crippen molar-refractivity contribution in [2.45, 2.75) is 25.6 Å². The number of ether oxygens (including phenoxy) is 1. The van der Waals surface area contributed by atoms with E-state index in [1.807, 2.05) is 13.0 Å². The summed E-state index contributed by atoms with van der Waals surface area (Å²) in [6.07, 6.45) is -2.42. The largest absolute Gasteiger partial charge is 0.482 e. The third kappa shape index (κ3) is 7.02. The highest BCUT2D eigenvalue weighted by Crippen LogP contribution is 2.33. The van der Waals surface area contributed by atoms with Gasteiger partial charge in [-0.3, -0.25) is 0 Å². The van der Waals surface area contributed by atoms with Crippen molar-refractivity contribution in [1.29, 1.82) is 0 Å². The minimum Gasteiger partial charge on any atom is -0.482 e. The number of aromatic nitrogens is 3. The summed E-state index contributed by atoms with van der Waals surface area (Å²) in [5.41, 5.74) is 1.78. The third-order valence-corrected chi connectivity index (χ3v) is 6.18. The molecule has 1 unspecified atom stereocenters. The van der Waals surface area contributed by atoms with Gasteiger partial charge in [-0.2, -0.15) is 13.2 Å². The molecule has 37 heavy (non-hydrogen) atoms. The first-order chi connectivity index (χ1) is 17.6. The molecule has 0 bridgehead atoms. The van der Waals surface area contributed by atoms with Crippen molar-refractivity contribution in [3.63, 3.8) is 0 Å². The highest BCUT2D eigenvalue weighted by atomic mass is 32.1. The molecule has 4 aromatic rings. The highest BCUT2D eigenvalue weighted by molar-refractivity contribution is 7.15. The van der Waals surface area contributed by atoms with Gasteiger partial charge in [-0.15, -0.1) is 11.3 Å². The topological polar surface area (TPSA) is 117 Å². The van der Waals surface area contributed by atoms with E-state index >= 15 is 0 Å². The number of alkyl halides is 3. The maximum absolute atomic E-state index is 13.0. The Labute approximate surface area is 213 Å². The molecule has 0 saturated carbocycles. The summed E-state index contributed by atoms with van der Waals surface area (Å²) in [6.45, 7) is 1.41. The number of carboxylic acids is 1. The molecule has 0 amide bonds. The van der Waals surface area contributed by atoms with E-state index in [1.54, 1.807) is 42.6 Å². The summed E-state index contributed by atoms with van der Waals surface area (Å²) in [6, 6.07) is 12.7. The van der Waals surface area contributed by atoms with Crippen LogP contribution >= 0.6 is 11.3 Å². The Bertz CT molecular complexity index is 1390. The number of halogens is 3. The van der Waals surface area contributed by atoms with Crippen molar-refractivity contribution in [2.24, 2.45) is 0 Å². The molecule has 12 heteroatoms. The van der Waals surface area contributed by atoms with Gasteiger partial charge < -0.3 is 20.3 Å². The minimum atomic E-state index is -4.57. The standard InChI is InChI=1S/C25H21F3N4O4S/c1-14-8-16(10-17(9-14)31-24-29-7-6-21(32-24)25(26,27)28)20-12-30-22(37-20)11-19(33)15-2-4-18(5-3-15)36-13-23(34)35/h2-10,12,19,33H,11,13H2,1H3,(H,34,35)(H,29,31,32). The van der Waals surface area contributed by atoms with E-state index < -0.39 is 30.6 Å². The van der Waals surface area contributed by atoms with E-state index in [0.717, 1.165) is 28.3 Å². The van der Waals surface area contributed by atoms with Crippen LogP contribution in [0.15, 0.2) is 60.9 Å². The predicted molar refractivity (Wildman–Crippen MR) is 131 cm³/mol. The van der Waals surface area contributed by atoms with Crippen LogP contribution in [-0.4, -0.2) is 37.7 Å². The molecule has 192 valence electrons. The number of hydrogen-bond acceptors (Lipinski definition) is 8. The van der Waals surface area contributed by atoms with Gasteiger partial charge in [0.25, 0.3) is 0 Å². The maximum atomic E-state index is 13.0. The molecule has 2 heterocycles. The second-order valence-corrected chi connectivity index (χ2v) is 9.18. The number of aryl methyl sites for hydroxylation is 1. The second-order valence-electron chi connectivity index (χ2n) is 8.07. The molecule has 0 saturated heterocycles. The van der Waals surface area contributed by atoms with Gasteiger partial charge in [-0.05, 0) is 53.9 Å². The number of hydrogen-bond donors (Lipinski definition) is 3. The van der Waals surface area contributed by atoms with E-state index in [4.69, 9.17) is 9.84 Å². The molecule has 1 atom stereocenters. The van der Waals surface area contributed by atoms with Gasteiger partial charge in [0.2, 0.25) is 5.95 Å². The zero-order chi connectivity index (χ0) is 26.6. The minimum absolute atomic E-state index is 0.168. The van der Waals surface area contributed by atoms with E-state index in [-0.39, 0.29) is 12.4 Å². The van der Waals surface area contributed by atoms with Gasteiger partial charge in [0, 0.05) is 24.5 Å². The van der Waals surface area contributed by atoms with Gasteiger partial charge in [-0.1, -0.05) is 18.2 Å². The highest BCUT2D eigenvalue weighted by Gasteiger charge is 2.32. The molecule has 2 aromatic heterocycles. The van der Waals surface area contributed by atoms with E-state index in [0.29, 0.717) is 22.0 Å². The number of carboxylic acid groups (broad SMARTS) is 1. The molecule has 3 N–H and O–H groups in total. The fourth-order valence-electron chi connectivity index (χ4n) is 3.46. The summed E-state index contributed by atoms with van der Waals surface area (Å²) in [5.74, 6) is -0.864. The average molecular weight is 531 g/mol. The molecule has 4 rings (SSSR count). The zero-order valence-electron chi connectivity index (χ0n) is 19.4. The average Bonchev–Trinajstić information content (AvgIpc) is 3.31. The van der Waals surface area contributed by atoms with Crippen LogP contribution < -0.4 is 10.1 Å². The Balaban J connectivity index is 1.46. The number of thiazole rings is 1. The van der Waals surface area contributed by atoms with Crippen LogP contribution in [0.3, 0.4) is 0 Å². The number of benzene rings is 2. The van der Waals surface area contributed by atoms with E-state index in [1.165, 1.54) is 11.3 Å². The third-order valence-electron chi connectivity index (χ3n) is 5.11. The Morgan fingerprint density at radius 1 is 1.14 bits per heavy atom. The second kappa shape index (κ2) is 10.9. The summed E-state index contributed by atoms with van der Waals surface area (Å²) in [4.78, 5) is 23.2. The molecular formula is C25H21F3N4O4S. The Hall–Kier alpha value is -4.03. The van der Waals surface area contributed by atoms with Gasteiger partial charge in [-0.25, -0.2) is 19.7 Å². The number of aliphatic carboxylic acids is 1. The first-order valence-corrected chi connectivity index (χ1v) is 11.7. The molecule has 0 aliphatic heterocycles. The molecular weight excluding hydrogens is 509 g/mol. The quantitative estimate of drug-likeness (QED) is 0.263. The van der Waals surface area contributed by atoms with Gasteiger partial charge in [0.15, 0.2) is 6.61 Å². The Kier molecular flexibility index (Phi) is 7.69. The number of nitrogens with one attached hydrogen (secondary N) is 1. The monoisotopic (exact) mass is 530 g/mol. The fraction of sp³-hybridized carbons (Fsp3) is 0.200. The molecule has 0 aliphatic carbocycles. The number of carbonyl (C=O) groups is 1. The number of aliphatic hydroxyl groups is 1. The predicted octanol–water partition coefficient (Wildman–Crippen LogP) is 5.41. The summed E-state index contributed by atoms with van der Waals surface area (Å²) >= 11 is 1.38. The van der Waals surface area contributed by atoms with Crippen LogP contribution in [0.2, 0.25) is 0 Å². The number of aliphatic hydroxyl groups excluding tert-OH is 1. The number of nitrogens with zero attached hydrogens (tertiary/aromatic N) is 3. The summed E-state index contributed by atoms with van der Waals surface area (Å²) in [7, 11) is 0. The molecule has 8 nitrogen and oxygen atoms in total. The van der Waals surface area contributed by atoms with Crippen LogP contribution in [-0.2, 0) is 17.4 Å². The van der Waals surface area contributed by atoms with Crippen LogP contribution in [0, 0.1) is 6.92 Å². The van der Waals surface area contributed by atoms with Crippen molar-refractivity contribution in [1.82, 2.24) is 15.0 Å². The fourth-order valence-corrected chi connectivity index (χ4v) is 4.40. The van der Waals surface area contributed by atoms with Crippen LogP contribution in [0.4, 0.5) is 24.8 Å². The van der Waals surface area contributed by atoms with Crippen molar-refractivity contribution in [3.05, 3.63) is 82.8 Å². The van der Waals surface area contributed by atoms with Gasteiger partial charge in [0.1, 0.15) is 11.4 Å². The van der Waals surface area contributed by atoms with Crippen molar-refractivity contribution < 1.29 is 32.9 Å². The zero-order valence-corrected chi connectivity index (χ0v) is 20.2. The lowest BCUT2D eigenvalue weighted by molar-refractivity contribution is -0.141. The van der Waals surface area contributed by atoms with Gasteiger partial charge >= 0.3 is 12.1 Å². The molecule has 2 aromatic carbocycles. The van der Waals surface area contributed by atoms with Gasteiger partial charge in [0.05, 0.1) is 16.0 Å². The molecule has 0 fully saturated rings. The Morgan fingerprint density at radius 3 is 2.59 bits per heavy atom. The first-order valence-electron chi connectivity index (χ1n) is 10.9. The summed E-state index contributed by atoms with van der Waals surface area (Å²) < 4.78 is 44.0. The van der Waals surface area contributed by atoms with Crippen molar-refractivity contribution in [3.8, 4) is 16.2 Å². The lowest BCUT2D eigenvalue weighted by Gasteiger charge is -2.11. The van der Waals surface area contributed by atoms with Crippen molar-refractivity contribution >= 4 is 28.9 Å². The molecule has 0 spiro atoms. The smallest absolute Gasteiger partial charge is 0.433 e. The maximum Gasteiger partial charge on any atom is 0.433 e. The molecule has 0 radical (unpaired) electrons. The van der Waals surface area contributed by atoms with Crippen LogP contribution in [0.1, 0.15) is 27.9 Å². The normalized spacial score (nSPS) is 12.2. The lowest BCUT2D eigenvalue weighted by atomic mass is 10.1. The molecule has 0 aliphatic rings. The van der Waals surface area contributed by atoms with Crippen LogP contribution in [0.5, 0.6) is 5.75 Å². The van der Waals surface area contributed by atoms with Crippen molar-refractivity contribution in [2.75, 3.05) is 11.9 Å². The summed E-state index contributed by atoms with van der Waals surface area (Å²) in [5, 5.41) is 22.8. The first kappa shape index (κ1) is 26.0. The Morgan fingerprint density at radius 2 is 1.89 bits per heavy atom. The van der Waals surface area contributed by atoms with Crippen LogP contribution in [0.25, 0.3) is 10.4 Å². The van der Waals surface area contributed by atoms with E-state index in [2.05, 4.69) is 20.3 Å². The lowest BCUT2D eigenvalue weighted by Crippen LogP contribution is -2.10. The number of rotatable bonds is 9. The van der Waals surface area contributed by atoms with E-state index in [9.17, 15) is 23.1 Å². The SMILES string of the molecule is Cc1cc(Nc2nccc(C(F)(F)F)n2)cc(-c2cnc(CC(O)c3ccc(OCC(=O)O)cc3)s2)c1. The number of anilines is 2.